The first-order chi connectivity index (χ1) is 10.0. The van der Waals surface area contributed by atoms with Crippen LogP contribution in [0.3, 0.4) is 0 Å². The maximum absolute atomic E-state index is 12.2. The predicted octanol–water partition coefficient (Wildman–Crippen LogP) is 0.728. The molecular formula is C14H28ClN3O3S. The van der Waals surface area contributed by atoms with E-state index in [0.29, 0.717) is 31.8 Å². The zero-order valence-electron chi connectivity index (χ0n) is 13.2. The van der Waals surface area contributed by atoms with E-state index in [0.717, 1.165) is 32.4 Å². The van der Waals surface area contributed by atoms with Crippen LogP contribution >= 0.6 is 12.4 Å². The van der Waals surface area contributed by atoms with Gasteiger partial charge in [0.15, 0.2) is 0 Å². The van der Waals surface area contributed by atoms with E-state index in [2.05, 4.69) is 10.6 Å². The number of sulfonamides is 1. The Labute approximate surface area is 139 Å². The number of hydrogen-bond acceptors (Lipinski definition) is 4. The Hall–Kier alpha value is -0.370. The Kier molecular flexibility index (Phi) is 8.10. The van der Waals surface area contributed by atoms with Gasteiger partial charge in [0.1, 0.15) is 6.04 Å². The molecule has 22 heavy (non-hydrogen) atoms. The summed E-state index contributed by atoms with van der Waals surface area (Å²) in [5.41, 5.74) is 0. The lowest BCUT2D eigenvalue weighted by atomic mass is 10.1. The lowest BCUT2D eigenvalue weighted by Gasteiger charge is -2.23. The summed E-state index contributed by atoms with van der Waals surface area (Å²) in [7, 11) is -3.28. The van der Waals surface area contributed by atoms with Gasteiger partial charge < -0.3 is 10.6 Å². The molecule has 0 aromatic carbocycles. The van der Waals surface area contributed by atoms with E-state index in [9.17, 15) is 13.2 Å². The van der Waals surface area contributed by atoms with Crippen molar-refractivity contribution < 1.29 is 13.2 Å². The number of halogens is 1. The van der Waals surface area contributed by atoms with Crippen LogP contribution in [-0.2, 0) is 14.8 Å². The Bertz CT molecular complexity index is 452. The summed E-state index contributed by atoms with van der Waals surface area (Å²) in [6, 6.07) is -0.497. The number of amides is 1. The van der Waals surface area contributed by atoms with Crippen molar-refractivity contribution in [2.75, 3.05) is 31.9 Å². The average molecular weight is 354 g/mol. The monoisotopic (exact) mass is 353 g/mol. The van der Waals surface area contributed by atoms with E-state index in [1.54, 1.807) is 0 Å². The first-order valence-corrected chi connectivity index (χ1v) is 9.63. The number of hydrogen-bond donors (Lipinski definition) is 2. The van der Waals surface area contributed by atoms with Crippen molar-refractivity contribution in [3.63, 3.8) is 0 Å². The molecule has 0 spiro atoms. The fourth-order valence-corrected chi connectivity index (χ4v) is 4.94. The molecule has 2 atom stereocenters. The molecule has 2 N–H and O–H groups in total. The van der Waals surface area contributed by atoms with Crippen molar-refractivity contribution in [2.45, 2.75) is 45.1 Å². The molecule has 2 unspecified atom stereocenters. The smallest absolute Gasteiger partial charge is 0.238 e. The maximum atomic E-state index is 12.2. The van der Waals surface area contributed by atoms with Crippen molar-refractivity contribution in [2.24, 2.45) is 5.92 Å². The van der Waals surface area contributed by atoms with Crippen LogP contribution in [0.1, 0.15) is 39.0 Å². The highest BCUT2D eigenvalue weighted by Crippen LogP contribution is 2.22. The summed E-state index contributed by atoms with van der Waals surface area (Å²) in [4.78, 5) is 12.2. The second kappa shape index (κ2) is 9.05. The largest absolute Gasteiger partial charge is 0.355 e. The molecule has 2 heterocycles. The first-order valence-electron chi connectivity index (χ1n) is 8.02. The summed E-state index contributed by atoms with van der Waals surface area (Å²) in [5.74, 6) is 0.636. The Morgan fingerprint density at radius 1 is 1.36 bits per heavy atom. The molecule has 0 bridgehead atoms. The van der Waals surface area contributed by atoms with Crippen LogP contribution in [0.15, 0.2) is 0 Å². The summed E-state index contributed by atoms with van der Waals surface area (Å²) in [6.45, 7) is 5.05. The fraction of sp³-hybridized carbons (Fsp3) is 0.929. The standard InChI is InChI=1S/C14H27N3O3S.ClH/c1-2-10-21(19,20)17-9-3-4-13(17)14(18)16-8-6-12-5-7-15-11-12;/h12-13,15H,2-11H2,1H3,(H,16,18);1H. The van der Waals surface area contributed by atoms with E-state index in [4.69, 9.17) is 0 Å². The number of nitrogens with one attached hydrogen (secondary N) is 2. The molecule has 0 aliphatic carbocycles. The lowest BCUT2D eigenvalue weighted by molar-refractivity contribution is -0.124. The highest BCUT2D eigenvalue weighted by molar-refractivity contribution is 7.89. The third-order valence-corrected chi connectivity index (χ3v) is 6.42. The number of carbonyl (C=O) groups excluding carboxylic acids is 1. The van der Waals surface area contributed by atoms with E-state index in [1.165, 1.54) is 4.31 Å². The Balaban J connectivity index is 0.00000242. The minimum Gasteiger partial charge on any atom is -0.355 e. The summed E-state index contributed by atoms with van der Waals surface area (Å²) in [6.07, 6.45) is 4.12. The number of nitrogens with zero attached hydrogens (tertiary/aromatic N) is 1. The van der Waals surface area contributed by atoms with Crippen molar-refractivity contribution in [3.8, 4) is 0 Å². The predicted molar refractivity (Wildman–Crippen MR) is 89.7 cm³/mol. The fourth-order valence-electron chi connectivity index (χ4n) is 3.19. The molecular weight excluding hydrogens is 326 g/mol. The van der Waals surface area contributed by atoms with Gasteiger partial charge in [0, 0.05) is 13.1 Å². The highest BCUT2D eigenvalue weighted by Gasteiger charge is 2.37. The highest BCUT2D eigenvalue weighted by atomic mass is 35.5. The topological polar surface area (TPSA) is 78.5 Å². The molecule has 0 aromatic rings. The number of rotatable bonds is 7. The summed E-state index contributed by atoms with van der Waals surface area (Å²) < 4.78 is 25.7. The Morgan fingerprint density at radius 2 is 2.14 bits per heavy atom. The lowest BCUT2D eigenvalue weighted by Crippen LogP contribution is -2.46. The van der Waals surface area contributed by atoms with Crippen LogP contribution in [0.2, 0.25) is 0 Å². The zero-order chi connectivity index (χ0) is 15.3. The average Bonchev–Trinajstić information content (AvgIpc) is 3.10. The third kappa shape index (κ3) is 5.08. The SMILES string of the molecule is CCCS(=O)(=O)N1CCCC1C(=O)NCCC1CCNC1.Cl. The molecule has 2 saturated heterocycles. The normalized spacial score (nSPS) is 25.9. The van der Waals surface area contributed by atoms with Gasteiger partial charge in [-0.05, 0) is 51.1 Å². The van der Waals surface area contributed by atoms with E-state index < -0.39 is 16.1 Å². The van der Waals surface area contributed by atoms with Crippen LogP contribution in [0.4, 0.5) is 0 Å². The van der Waals surface area contributed by atoms with Gasteiger partial charge >= 0.3 is 0 Å². The minimum absolute atomic E-state index is 0. The summed E-state index contributed by atoms with van der Waals surface area (Å²) in [5, 5.41) is 6.23. The minimum atomic E-state index is -3.28. The maximum Gasteiger partial charge on any atom is 0.238 e. The van der Waals surface area contributed by atoms with E-state index in [-0.39, 0.29) is 24.1 Å². The van der Waals surface area contributed by atoms with Gasteiger partial charge in [0.2, 0.25) is 15.9 Å². The van der Waals surface area contributed by atoms with Crippen molar-refractivity contribution >= 4 is 28.3 Å². The third-order valence-electron chi connectivity index (χ3n) is 4.34. The van der Waals surface area contributed by atoms with E-state index >= 15 is 0 Å². The van der Waals surface area contributed by atoms with Gasteiger partial charge in [0.05, 0.1) is 5.75 Å². The van der Waals surface area contributed by atoms with Gasteiger partial charge in [-0.25, -0.2) is 8.42 Å². The molecule has 0 radical (unpaired) electrons. The van der Waals surface area contributed by atoms with Crippen molar-refractivity contribution in [1.29, 1.82) is 0 Å². The van der Waals surface area contributed by atoms with Crippen molar-refractivity contribution in [1.82, 2.24) is 14.9 Å². The quantitative estimate of drug-likeness (QED) is 0.707. The molecule has 0 aromatic heterocycles. The van der Waals surface area contributed by atoms with Gasteiger partial charge in [-0.3, -0.25) is 4.79 Å². The molecule has 130 valence electrons. The van der Waals surface area contributed by atoms with Crippen LogP contribution in [0, 0.1) is 5.92 Å². The van der Waals surface area contributed by atoms with Gasteiger partial charge in [0.25, 0.3) is 0 Å². The van der Waals surface area contributed by atoms with Gasteiger partial charge in [-0.1, -0.05) is 6.92 Å². The van der Waals surface area contributed by atoms with Gasteiger partial charge in [-0.15, -0.1) is 12.4 Å². The summed E-state index contributed by atoms with van der Waals surface area (Å²) >= 11 is 0. The van der Waals surface area contributed by atoms with Crippen molar-refractivity contribution in [3.05, 3.63) is 0 Å². The van der Waals surface area contributed by atoms with E-state index in [1.807, 2.05) is 6.92 Å². The molecule has 2 fully saturated rings. The van der Waals surface area contributed by atoms with Crippen LogP contribution in [0.25, 0.3) is 0 Å². The molecule has 6 nitrogen and oxygen atoms in total. The number of carbonyl (C=O) groups is 1. The van der Waals surface area contributed by atoms with Crippen LogP contribution in [-0.4, -0.2) is 56.6 Å². The Morgan fingerprint density at radius 3 is 2.77 bits per heavy atom. The molecule has 2 aliphatic rings. The van der Waals surface area contributed by atoms with Gasteiger partial charge in [-0.2, -0.15) is 4.31 Å². The molecule has 2 aliphatic heterocycles. The zero-order valence-corrected chi connectivity index (χ0v) is 14.8. The first kappa shape index (κ1) is 19.7. The second-order valence-corrected chi connectivity index (χ2v) is 8.06. The molecule has 0 saturated carbocycles. The molecule has 8 heteroatoms. The second-order valence-electron chi connectivity index (χ2n) is 6.02. The van der Waals surface area contributed by atoms with Crippen LogP contribution in [0.5, 0.6) is 0 Å². The molecule has 2 rings (SSSR count). The van der Waals surface area contributed by atoms with Crippen LogP contribution < -0.4 is 10.6 Å². The molecule has 1 amide bonds.